The van der Waals surface area contributed by atoms with E-state index < -0.39 is 5.97 Å². The van der Waals surface area contributed by atoms with Gasteiger partial charge in [0.2, 0.25) is 0 Å². The number of nitrogens with zero attached hydrogens (tertiary/aromatic N) is 1. The van der Waals surface area contributed by atoms with Crippen LogP contribution in [0.2, 0.25) is 0 Å². The zero-order chi connectivity index (χ0) is 13.0. The molecule has 0 unspecified atom stereocenters. The van der Waals surface area contributed by atoms with E-state index in [9.17, 15) is 4.79 Å². The third-order valence-corrected chi connectivity index (χ3v) is 4.06. The summed E-state index contributed by atoms with van der Waals surface area (Å²) >= 11 is 4.99. The van der Waals surface area contributed by atoms with Crippen molar-refractivity contribution >= 4 is 33.7 Å². The molecule has 0 aliphatic carbocycles. The molecule has 1 heterocycles. The Balaban J connectivity index is 2.09. The van der Waals surface area contributed by atoms with Gasteiger partial charge in [-0.2, -0.15) is 0 Å². The molecule has 1 N–H and O–H groups in total. The van der Waals surface area contributed by atoms with Crippen molar-refractivity contribution in [3.8, 4) is 0 Å². The summed E-state index contributed by atoms with van der Waals surface area (Å²) in [6.07, 6.45) is 1.52. The first-order chi connectivity index (χ1) is 8.66. The predicted octanol–water partition coefficient (Wildman–Crippen LogP) is 3.83. The van der Waals surface area contributed by atoms with Crippen molar-refractivity contribution in [1.29, 1.82) is 0 Å². The van der Waals surface area contributed by atoms with E-state index in [0.29, 0.717) is 5.03 Å². The minimum Gasteiger partial charge on any atom is -0.478 e. The smallest absolute Gasteiger partial charge is 0.335 e. The summed E-state index contributed by atoms with van der Waals surface area (Å²) in [5, 5.41) is 9.61. The molecule has 0 bridgehead atoms. The van der Waals surface area contributed by atoms with E-state index in [2.05, 4.69) is 20.9 Å². The molecule has 0 radical (unpaired) electrons. The van der Waals surface area contributed by atoms with Crippen LogP contribution < -0.4 is 0 Å². The Bertz CT molecular complexity index is 574. The Labute approximate surface area is 117 Å². The van der Waals surface area contributed by atoms with Crippen molar-refractivity contribution in [2.75, 3.05) is 0 Å². The molecule has 0 fully saturated rings. The van der Waals surface area contributed by atoms with Crippen molar-refractivity contribution in [3.63, 3.8) is 0 Å². The zero-order valence-corrected chi connectivity index (χ0v) is 11.7. The normalized spacial score (nSPS) is 10.3. The lowest BCUT2D eigenvalue weighted by Crippen LogP contribution is -1.96. The molecule has 2 rings (SSSR count). The van der Waals surface area contributed by atoms with Gasteiger partial charge in [-0.1, -0.05) is 34.1 Å². The lowest BCUT2D eigenvalue weighted by atomic mass is 10.2. The number of carboxylic acid groups (broad SMARTS) is 1. The highest BCUT2D eigenvalue weighted by atomic mass is 79.9. The summed E-state index contributed by atoms with van der Waals surface area (Å²) < 4.78 is 1.05. The van der Waals surface area contributed by atoms with Crippen LogP contribution in [-0.4, -0.2) is 16.1 Å². The first kappa shape index (κ1) is 13.1. The van der Waals surface area contributed by atoms with Gasteiger partial charge >= 0.3 is 5.97 Å². The van der Waals surface area contributed by atoms with E-state index in [1.165, 1.54) is 24.0 Å². The molecular weight excluding hydrogens is 314 g/mol. The Morgan fingerprint density at radius 3 is 2.83 bits per heavy atom. The molecule has 0 aliphatic heterocycles. The summed E-state index contributed by atoms with van der Waals surface area (Å²) in [6.45, 7) is 0. The zero-order valence-electron chi connectivity index (χ0n) is 9.34. The van der Waals surface area contributed by atoms with Gasteiger partial charge in [0, 0.05) is 16.4 Å². The SMILES string of the molecule is O=C(O)c1ccnc(SCc2ccccc2Br)c1. The monoisotopic (exact) mass is 323 g/mol. The molecule has 5 heteroatoms. The first-order valence-corrected chi connectivity index (χ1v) is 7.00. The fraction of sp³-hybridized carbons (Fsp3) is 0.0769. The number of thioether (sulfide) groups is 1. The van der Waals surface area contributed by atoms with Crippen LogP contribution in [0, 0.1) is 0 Å². The number of carboxylic acids is 1. The molecule has 0 aliphatic rings. The van der Waals surface area contributed by atoms with Gasteiger partial charge < -0.3 is 5.11 Å². The van der Waals surface area contributed by atoms with Gasteiger partial charge in [-0.05, 0) is 23.8 Å². The van der Waals surface area contributed by atoms with Crippen LogP contribution in [0.4, 0.5) is 0 Å². The van der Waals surface area contributed by atoms with Crippen LogP contribution in [0.3, 0.4) is 0 Å². The van der Waals surface area contributed by atoms with E-state index >= 15 is 0 Å². The number of aromatic carboxylic acids is 1. The van der Waals surface area contributed by atoms with Gasteiger partial charge in [-0.25, -0.2) is 9.78 Å². The van der Waals surface area contributed by atoms with Crippen molar-refractivity contribution in [2.45, 2.75) is 10.8 Å². The third kappa shape index (κ3) is 3.34. The molecule has 92 valence electrons. The van der Waals surface area contributed by atoms with E-state index in [1.54, 1.807) is 6.07 Å². The van der Waals surface area contributed by atoms with Crippen LogP contribution in [0.5, 0.6) is 0 Å². The van der Waals surface area contributed by atoms with Gasteiger partial charge in [0.05, 0.1) is 10.6 Å². The number of pyridine rings is 1. The topological polar surface area (TPSA) is 50.2 Å². The highest BCUT2D eigenvalue weighted by molar-refractivity contribution is 9.10. The minimum absolute atomic E-state index is 0.264. The first-order valence-electron chi connectivity index (χ1n) is 5.22. The van der Waals surface area contributed by atoms with Crippen molar-refractivity contribution < 1.29 is 9.90 Å². The molecule has 0 atom stereocenters. The number of carbonyl (C=O) groups is 1. The van der Waals surface area contributed by atoms with Gasteiger partial charge in [0.15, 0.2) is 0 Å². The quantitative estimate of drug-likeness (QED) is 0.868. The van der Waals surface area contributed by atoms with E-state index in [0.717, 1.165) is 15.8 Å². The molecule has 3 nitrogen and oxygen atoms in total. The maximum atomic E-state index is 10.8. The molecule has 2 aromatic rings. The Kier molecular flexibility index (Phi) is 4.38. The maximum absolute atomic E-state index is 10.8. The summed E-state index contributed by atoms with van der Waals surface area (Å²) in [7, 11) is 0. The standard InChI is InChI=1S/C13H10BrNO2S/c14-11-4-2-1-3-10(11)8-18-12-7-9(13(16)17)5-6-15-12/h1-7H,8H2,(H,16,17). The maximum Gasteiger partial charge on any atom is 0.335 e. The predicted molar refractivity (Wildman–Crippen MR) is 74.9 cm³/mol. The Morgan fingerprint density at radius 2 is 2.11 bits per heavy atom. The molecule has 0 saturated heterocycles. The van der Waals surface area contributed by atoms with Gasteiger partial charge in [0.25, 0.3) is 0 Å². The van der Waals surface area contributed by atoms with E-state index in [4.69, 9.17) is 5.11 Å². The fourth-order valence-electron chi connectivity index (χ4n) is 1.39. The number of rotatable bonds is 4. The second-order valence-electron chi connectivity index (χ2n) is 3.57. The molecule has 0 spiro atoms. The van der Waals surface area contributed by atoms with Crippen LogP contribution in [0.15, 0.2) is 52.1 Å². The molecular formula is C13H10BrNO2S. The van der Waals surface area contributed by atoms with Gasteiger partial charge in [-0.15, -0.1) is 11.8 Å². The summed E-state index contributed by atoms with van der Waals surface area (Å²) in [5.74, 6) is -0.183. The lowest BCUT2D eigenvalue weighted by molar-refractivity contribution is 0.0696. The highest BCUT2D eigenvalue weighted by Gasteiger charge is 2.05. The number of hydrogen-bond acceptors (Lipinski definition) is 3. The number of benzene rings is 1. The van der Waals surface area contributed by atoms with E-state index in [1.807, 2.05) is 24.3 Å². The summed E-state index contributed by atoms with van der Waals surface area (Å²) in [4.78, 5) is 15.0. The largest absolute Gasteiger partial charge is 0.478 e. The van der Waals surface area contributed by atoms with Crippen LogP contribution in [0.1, 0.15) is 15.9 Å². The molecule has 0 amide bonds. The number of aromatic nitrogens is 1. The average molecular weight is 324 g/mol. The van der Waals surface area contributed by atoms with Gasteiger partial charge in [-0.3, -0.25) is 0 Å². The summed E-state index contributed by atoms with van der Waals surface area (Å²) in [6, 6.07) is 11.0. The number of hydrogen-bond donors (Lipinski definition) is 1. The van der Waals surface area contributed by atoms with Crippen LogP contribution >= 0.6 is 27.7 Å². The van der Waals surface area contributed by atoms with Crippen molar-refractivity contribution in [3.05, 3.63) is 58.2 Å². The second-order valence-corrected chi connectivity index (χ2v) is 5.42. The lowest BCUT2D eigenvalue weighted by Gasteiger charge is -2.04. The van der Waals surface area contributed by atoms with Crippen molar-refractivity contribution in [2.24, 2.45) is 0 Å². The molecule has 18 heavy (non-hydrogen) atoms. The highest BCUT2D eigenvalue weighted by Crippen LogP contribution is 2.25. The van der Waals surface area contributed by atoms with Crippen LogP contribution in [0.25, 0.3) is 0 Å². The Morgan fingerprint density at radius 1 is 1.33 bits per heavy atom. The Hall–Kier alpha value is -1.33. The minimum atomic E-state index is -0.930. The fourth-order valence-corrected chi connectivity index (χ4v) is 2.90. The molecule has 0 saturated carbocycles. The summed E-state index contributed by atoms with van der Waals surface area (Å²) in [5.41, 5.74) is 1.42. The second kappa shape index (κ2) is 6.02. The molecule has 1 aromatic heterocycles. The average Bonchev–Trinajstić information content (AvgIpc) is 2.38. The van der Waals surface area contributed by atoms with Crippen molar-refractivity contribution in [1.82, 2.24) is 4.98 Å². The van der Waals surface area contributed by atoms with E-state index in [-0.39, 0.29) is 5.56 Å². The van der Waals surface area contributed by atoms with Gasteiger partial charge in [0.1, 0.15) is 0 Å². The molecule has 1 aromatic carbocycles. The third-order valence-electron chi connectivity index (χ3n) is 2.32. The van der Waals surface area contributed by atoms with Crippen LogP contribution in [-0.2, 0) is 5.75 Å². The number of halogens is 1.